The van der Waals surface area contributed by atoms with Crippen molar-refractivity contribution in [2.75, 3.05) is 39.4 Å². The van der Waals surface area contributed by atoms with Gasteiger partial charge in [0.25, 0.3) is 0 Å². The van der Waals surface area contributed by atoms with Gasteiger partial charge in [-0.25, -0.2) is 0 Å². The molecule has 2 aromatic carbocycles. The van der Waals surface area contributed by atoms with E-state index in [1.165, 1.54) is 0 Å². The monoisotopic (exact) mass is 425 g/mol. The van der Waals surface area contributed by atoms with Crippen LogP contribution in [0.5, 0.6) is 0 Å². The van der Waals surface area contributed by atoms with Gasteiger partial charge in [-0.05, 0) is 37.2 Å². The van der Waals surface area contributed by atoms with Crippen LogP contribution in [0.15, 0.2) is 54.6 Å². The molecule has 0 amide bonds. The molecule has 3 aromatic rings. The lowest BCUT2D eigenvalue weighted by Gasteiger charge is -2.26. The highest BCUT2D eigenvalue weighted by Crippen LogP contribution is 2.20. The Hall–Kier alpha value is -2.25. The highest BCUT2D eigenvalue weighted by molar-refractivity contribution is 6.30. The van der Waals surface area contributed by atoms with Gasteiger partial charge < -0.3 is 10.1 Å². The SMILES string of the molecule is Clc1cccc(Cn2nc(CNCCCN3CCOCC3)c(-c3ccccc3)n2)c1. The van der Waals surface area contributed by atoms with Crippen LogP contribution in [0.2, 0.25) is 5.02 Å². The Bertz CT molecular complexity index is 924. The summed E-state index contributed by atoms with van der Waals surface area (Å²) in [4.78, 5) is 4.22. The summed E-state index contributed by atoms with van der Waals surface area (Å²) in [6, 6.07) is 18.1. The molecule has 1 fully saturated rings. The molecule has 0 bridgehead atoms. The van der Waals surface area contributed by atoms with Crippen LogP contribution in [-0.4, -0.2) is 59.3 Å². The minimum absolute atomic E-state index is 0.595. The van der Waals surface area contributed by atoms with Gasteiger partial charge in [-0.1, -0.05) is 54.1 Å². The van der Waals surface area contributed by atoms with Gasteiger partial charge in [-0.15, -0.1) is 0 Å². The standard InChI is InChI=1S/C23H28ClN5O/c24-21-9-4-6-19(16-21)18-29-26-22(23(27-29)20-7-2-1-3-8-20)17-25-10-5-11-28-12-14-30-15-13-28/h1-4,6-9,16,25H,5,10-15,17-18H2. The molecule has 1 N–H and O–H groups in total. The van der Waals surface area contributed by atoms with E-state index >= 15 is 0 Å². The Labute approximate surface area is 182 Å². The van der Waals surface area contributed by atoms with E-state index < -0.39 is 0 Å². The maximum absolute atomic E-state index is 6.13. The Balaban J connectivity index is 1.39. The molecule has 0 atom stereocenters. The van der Waals surface area contributed by atoms with E-state index in [2.05, 4.69) is 22.3 Å². The molecule has 158 valence electrons. The van der Waals surface area contributed by atoms with Crippen molar-refractivity contribution in [2.45, 2.75) is 19.5 Å². The zero-order valence-electron chi connectivity index (χ0n) is 17.1. The molecule has 0 spiro atoms. The first kappa shape index (κ1) is 21.0. The quantitative estimate of drug-likeness (QED) is 0.532. The molecule has 1 aromatic heterocycles. The Morgan fingerprint density at radius 2 is 1.83 bits per heavy atom. The van der Waals surface area contributed by atoms with Crippen molar-refractivity contribution in [1.82, 2.24) is 25.2 Å². The lowest BCUT2D eigenvalue weighted by molar-refractivity contribution is 0.0374. The normalized spacial score (nSPS) is 14.8. The second kappa shape index (κ2) is 10.7. The molecule has 4 rings (SSSR count). The molecule has 1 saturated heterocycles. The summed E-state index contributed by atoms with van der Waals surface area (Å²) in [6.07, 6.45) is 1.11. The second-order valence-corrected chi connectivity index (χ2v) is 7.94. The number of halogens is 1. The van der Waals surface area contributed by atoms with E-state index in [9.17, 15) is 0 Å². The maximum atomic E-state index is 6.13. The summed E-state index contributed by atoms with van der Waals surface area (Å²) in [5, 5.41) is 13.8. The molecule has 0 saturated carbocycles. The molecule has 0 unspecified atom stereocenters. The number of rotatable bonds is 9. The molecule has 2 heterocycles. The first-order valence-electron chi connectivity index (χ1n) is 10.5. The Morgan fingerprint density at radius 1 is 1.00 bits per heavy atom. The van der Waals surface area contributed by atoms with E-state index in [4.69, 9.17) is 26.5 Å². The van der Waals surface area contributed by atoms with Crippen LogP contribution in [0.25, 0.3) is 11.3 Å². The fraction of sp³-hybridized carbons (Fsp3) is 0.391. The van der Waals surface area contributed by atoms with Crippen molar-refractivity contribution in [3.8, 4) is 11.3 Å². The third kappa shape index (κ3) is 5.89. The van der Waals surface area contributed by atoms with Gasteiger partial charge in [0, 0.05) is 30.2 Å². The Kier molecular flexibility index (Phi) is 7.48. The van der Waals surface area contributed by atoms with Crippen LogP contribution in [0.4, 0.5) is 0 Å². The fourth-order valence-electron chi connectivity index (χ4n) is 3.65. The molecule has 0 aliphatic carbocycles. The third-order valence-corrected chi connectivity index (χ3v) is 5.44. The van der Waals surface area contributed by atoms with Crippen molar-refractivity contribution < 1.29 is 4.74 Å². The first-order valence-corrected chi connectivity index (χ1v) is 10.9. The summed E-state index contributed by atoms with van der Waals surface area (Å²) in [7, 11) is 0. The van der Waals surface area contributed by atoms with Crippen LogP contribution < -0.4 is 5.32 Å². The lowest BCUT2D eigenvalue weighted by atomic mass is 10.1. The summed E-state index contributed by atoms with van der Waals surface area (Å²) in [5.74, 6) is 0. The largest absolute Gasteiger partial charge is 0.379 e. The van der Waals surface area contributed by atoms with Gasteiger partial charge in [0.1, 0.15) is 11.4 Å². The molecule has 30 heavy (non-hydrogen) atoms. The van der Waals surface area contributed by atoms with Gasteiger partial charge in [0.05, 0.1) is 19.8 Å². The average Bonchev–Trinajstić information content (AvgIpc) is 3.17. The molecular weight excluding hydrogens is 398 g/mol. The predicted molar refractivity (Wildman–Crippen MR) is 120 cm³/mol. The average molecular weight is 426 g/mol. The van der Waals surface area contributed by atoms with E-state index in [0.717, 1.165) is 73.4 Å². The van der Waals surface area contributed by atoms with Crippen LogP contribution in [-0.2, 0) is 17.8 Å². The number of aromatic nitrogens is 3. The molecule has 7 heteroatoms. The molecular formula is C23H28ClN5O. The molecule has 1 aliphatic rings. The fourth-order valence-corrected chi connectivity index (χ4v) is 3.86. The zero-order valence-corrected chi connectivity index (χ0v) is 17.9. The topological polar surface area (TPSA) is 55.2 Å². The van der Waals surface area contributed by atoms with E-state index in [1.807, 2.05) is 42.5 Å². The van der Waals surface area contributed by atoms with Crippen LogP contribution in [0, 0.1) is 0 Å². The number of morpholine rings is 1. The minimum Gasteiger partial charge on any atom is -0.379 e. The maximum Gasteiger partial charge on any atom is 0.117 e. The zero-order chi connectivity index (χ0) is 20.6. The van der Waals surface area contributed by atoms with Crippen LogP contribution in [0.1, 0.15) is 17.7 Å². The van der Waals surface area contributed by atoms with Crippen LogP contribution in [0.3, 0.4) is 0 Å². The molecule has 1 aliphatic heterocycles. The number of hydrogen-bond acceptors (Lipinski definition) is 5. The van der Waals surface area contributed by atoms with Gasteiger partial charge in [0.2, 0.25) is 0 Å². The van der Waals surface area contributed by atoms with Crippen molar-refractivity contribution in [3.63, 3.8) is 0 Å². The number of nitrogens with one attached hydrogen (secondary N) is 1. The van der Waals surface area contributed by atoms with Gasteiger partial charge >= 0.3 is 0 Å². The summed E-state index contributed by atoms with van der Waals surface area (Å²) < 4.78 is 5.41. The first-order chi connectivity index (χ1) is 14.8. The van der Waals surface area contributed by atoms with Crippen molar-refractivity contribution in [2.24, 2.45) is 0 Å². The van der Waals surface area contributed by atoms with Crippen molar-refractivity contribution in [1.29, 1.82) is 0 Å². The smallest absolute Gasteiger partial charge is 0.117 e. The van der Waals surface area contributed by atoms with Crippen LogP contribution >= 0.6 is 11.6 Å². The third-order valence-electron chi connectivity index (χ3n) is 5.21. The van der Waals surface area contributed by atoms with Crippen molar-refractivity contribution in [3.05, 3.63) is 70.9 Å². The lowest BCUT2D eigenvalue weighted by Crippen LogP contribution is -2.37. The highest BCUT2D eigenvalue weighted by Gasteiger charge is 2.14. The number of benzene rings is 2. The molecule has 0 radical (unpaired) electrons. The van der Waals surface area contributed by atoms with Crippen molar-refractivity contribution >= 4 is 11.6 Å². The number of ether oxygens (including phenoxy) is 1. The van der Waals surface area contributed by atoms with Gasteiger partial charge in [0.15, 0.2) is 0 Å². The second-order valence-electron chi connectivity index (χ2n) is 7.51. The summed E-state index contributed by atoms with van der Waals surface area (Å²) >= 11 is 6.13. The van der Waals surface area contributed by atoms with E-state index in [1.54, 1.807) is 4.80 Å². The highest BCUT2D eigenvalue weighted by atomic mass is 35.5. The van der Waals surface area contributed by atoms with Gasteiger partial charge in [-0.2, -0.15) is 15.0 Å². The van der Waals surface area contributed by atoms with E-state index in [-0.39, 0.29) is 0 Å². The number of nitrogens with zero attached hydrogens (tertiary/aromatic N) is 4. The minimum atomic E-state index is 0.595. The molecule has 6 nitrogen and oxygen atoms in total. The van der Waals surface area contributed by atoms with Gasteiger partial charge in [-0.3, -0.25) is 4.90 Å². The predicted octanol–water partition coefficient (Wildman–Crippen LogP) is 3.46. The number of hydrogen-bond donors (Lipinski definition) is 1. The Morgan fingerprint density at radius 3 is 2.63 bits per heavy atom. The van der Waals surface area contributed by atoms with E-state index in [0.29, 0.717) is 13.1 Å². The summed E-state index contributed by atoms with van der Waals surface area (Å²) in [5.41, 5.74) is 4.06. The summed E-state index contributed by atoms with van der Waals surface area (Å²) in [6.45, 7) is 7.12.